The summed E-state index contributed by atoms with van der Waals surface area (Å²) in [6.45, 7) is -1.35. The second kappa shape index (κ2) is 8.19. The van der Waals surface area contributed by atoms with Crippen molar-refractivity contribution in [3.8, 4) is 28.3 Å². The summed E-state index contributed by atoms with van der Waals surface area (Å²) in [5.74, 6) is 0.654. The van der Waals surface area contributed by atoms with Crippen LogP contribution < -0.4 is 9.46 Å². The van der Waals surface area contributed by atoms with E-state index in [1.54, 1.807) is 24.3 Å². The van der Waals surface area contributed by atoms with Gasteiger partial charge < -0.3 is 9.72 Å². The van der Waals surface area contributed by atoms with Crippen LogP contribution in [0.5, 0.6) is 5.75 Å². The van der Waals surface area contributed by atoms with Crippen LogP contribution in [-0.4, -0.2) is 37.4 Å². The molecule has 0 atom stereocenters. The zero-order valence-electron chi connectivity index (χ0n) is 16.8. The molecule has 0 fully saturated rings. The molecule has 10 heteroatoms. The van der Waals surface area contributed by atoms with E-state index in [1.165, 1.54) is 12.1 Å². The minimum Gasteiger partial charge on any atom is -0.484 e. The van der Waals surface area contributed by atoms with Crippen LogP contribution in [0, 0.1) is 0 Å². The topological polar surface area (TPSA) is 84.1 Å². The number of para-hydroxylation sites is 1. The van der Waals surface area contributed by atoms with E-state index >= 15 is 0 Å². The summed E-state index contributed by atoms with van der Waals surface area (Å²) in [6, 6.07) is 18.7. The van der Waals surface area contributed by atoms with Gasteiger partial charge in [0.25, 0.3) is 0 Å². The van der Waals surface area contributed by atoms with Gasteiger partial charge in [0.15, 0.2) is 6.61 Å². The molecular formula is C22H18F3N3O3S. The van der Waals surface area contributed by atoms with Crippen molar-refractivity contribution < 1.29 is 26.3 Å². The van der Waals surface area contributed by atoms with Gasteiger partial charge in [-0.15, -0.1) is 0 Å². The van der Waals surface area contributed by atoms with Gasteiger partial charge in [-0.2, -0.15) is 13.2 Å². The smallest absolute Gasteiger partial charge is 0.422 e. The molecule has 0 spiro atoms. The van der Waals surface area contributed by atoms with E-state index < -0.39 is 22.8 Å². The van der Waals surface area contributed by atoms with E-state index in [9.17, 15) is 21.6 Å². The second-order valence-corrected chi connectivity index (χ2v) is 8.91. The molecule has 4 aromatic rings. The predicted octanol–water partition coefficient (Wildman–Crippen LogP) is 5.21. The number of nitrogens with zero attached hydrogens (tertiary/aromatic N) is 1. The first kappa shape index (κ1) is 21.7. The molecule has 1 aromatic heterocycles. The Morgan fingerprint density at radius 1 is 1.00 bits per heavy atom. The summed E-state index contributed by atoms with van der Waals surface area (Å²) >= 11 is 0. The lowest BCUT2D eigenvalue weighted by Crippen LogP contribution is -2.19. The number of rotatable bonds is 6. The van der Waals surface area contributed by atoms with Gasteiger partial charge in [0.05, 0.1) is 23.0 Å². The third-order valence-electron chi connectivity index (χ3n) is 4.55. The molecule has 0 aliphatic carbocycles. The lowest BCUT2D eigenvalue weighted by molar-refractivity contribution is -0.153. The molecule has 4 rings (SSSR count). The van der Waals surface area contributed by atoms with E-state index in [0.717, 1.165) is 17.3 Å². The number of anilines is 1. The Kier molecular flexibility index (Phi) is 5.55. The quantitative estimate of drug-likeness (QED) is 0.413. The lowest BCUT2D eigenvalue weighted by atomic mass is 10.0. The normalized spacial score (nSPS) is 12.1. The molecule has 1 heterocycles. The predicted molar refractivity (Wildman–Crippen MR) is 117 cm³/mol. The minimum absolute atomic E-state index is 0.111. The molecule has 6 nitrogen and oxygen atoms in total. The fourth-order valence-corrected chi connectivity index (χ4v) is 3.79. The van der Waals surface area contributed by atoms with E-state index in [4.69, 9.17) is 4.74 Å². The molecule has 0 bridgehead atoms. The van der Waals surface area contributed by atoms with E-state index in [0.29, 0.717) is 28.2 Å². The van der Waals surface area contributed by atoms with E-state index in [1.807, 2.05) is 30.3 Å². The summed E-state index contributed by atoms with van der Waals surface area (Å²) in [6.07, 6.45) is -3.31. The number of H-pyrrole nitrogens is 1. The molecule has 0 aliphatic rings. The average molecular weight is 461 g/mol. The van der Waals surface area contributed by atoms with Gasteiger partial charge in [-0.1, -0.05) is 24.3 Å². The van der Waals surface area contributed by atoms with Crippen LogP contribution in [0.3, 0.4) is 0 Å². The average Bonchev–Trinajstić information content (AvgIpc) is 3.15. The Morgan fingerprint density at radius 2 is 1.69 bits per heavy atom. The monoisotopic (exact) mass is 461 g/mol. The number of sulfonamides is 1. The highest BCUT2D eigenvalue weighted by atomic mass is 32.2. The van der Waals surface area contributed by atoms with Crippen LogP contribution in [0.1, 0.15) is 0 Å². The van der Waals surface area contributed by atoms with Crippen molar-refractivity contribution in [1.82, 2.24) is 9.97 Å². The van der Waals surface area contributed by atoms with Gasteiger partial charge in [-0.25, -0.2) is 13.4 Å². The van der Waals surface area contributed by atoms with Crippen LogP contribution >= 0.6 is 0 Å². The SMILES string of the molecule is CS(=O)(=O)Nc1ccccc1-c1ccc2nc(-c3ccc(OCC(F)(F)F)cc3)[nH]c2c1. The number of hydrogen-bond donors (Lipinski definition) is 2. The van der Waals surface area contributed by atoms with Gasteiger partial charge in [0.1, 0.15) is 11.6 Å². The summed E-state index contributed by atoms with van der Waals surface area (Å²) < 4.78 is 67.5. The highest BCUT2D eigenvalue weighted by Crippen LogP contribution is 2.31. The first-order valence-electron chi connectivity index (χ1n) is 9.44. The van der Waals surface area contributed by atoms with E-state index in [-0.39, 0.29) is 5.75 Å². The van der Waals surface area contributed by atoms with Gasteiger partial charge >= 0.3 is 6.18 Å². The Morgan fingerprint density at radius 3 is 2.38 bits per heavy atom. The Labute approximate surface area is 182 Å². The fourth-order valence-electron chi connectivity index (χ4n) is 3.21. The molecule has 0 unspecified atom stereocenters. The number of benzene rings is 3. The number of halogens is 3. The summed E-state index contributed by atoms with van der Waals surface area (Å²) in [5, 5.41) is 0. The van der Waals surface area contributed by atoms with Crippen LogP contribution in [0.2, 0.25) is 0 Å². The van der Waals surface area contributed by atoms with Gasteiger partial charge in [-0.3, -0.25) is 4.72 Å². The van der Waals surface area contributed by atoms with Gasteiger partial charge in [0.2, 0.25) is 10.0 Å². The maximum absolute atomic E-state index is 12.3. The van der Waals surface area contributed by atoms with Gasteiger partial charge in [0, 0.05) is 11.1 Å². The highest BCUT2D eigenvalue weighted by molar-refractivity contribution is 7.92. The molecule has 0 saturated heterocycles. The summed E-state index contributed by atoms with van der Waals surface area (Å²) in [7, 11) is -3.44. The standard InChI is InChI=1S/C22H18F3N3O3S/c1-32(29,30)28-18-5-3-2-4-17(18)15-8-11-19-20(12-15)27-21(26-19)14-6-9-16(10-7-14)31-13-22(23,24)25/h2-12,28H,13H2,1H3,(H,26,27). The van der Waals surface area contributed by atoms with Crippen LogP contribution in [-0.2, 0) is 10.0 Å². The number of aromatic amines is 1. The van der Waals surface area contributed by atoms with Crippen molar-refractivity contribution >= 4 is 26.7 Å². The Hall–Kier alpha value is -3.53. The second-order valence-electron chi connectivity index (χ2n) is 7.17. The molecule has 0 radical (unpaired) electrons. The third kappa shape index (κ3) is 5.20. The molecule has 0 aliphatic heterocycles. The van der Waals surface area contributed by atoms with Crippen LogP contribution in [0.4, 0.5) is 18.9 Å². The van der Waals surface area contributed by atoms with Crippen molar-refractivity contribution in [2.75, 3.05) is 17.6 Å². The van der Waals surface area contributed by atoms with Crippen molar-refractivity contribution in [3.05, 3.63) is 66.7 Å². The third-order valence-corrected chi connectivity index (χ3v) is 5.14. The summed E-state index contributed by atoms with van der Waals surface area (Å²) in [4.78, 5) is 7.72. The molecule has 166 valence electrons. The first-order valence-corrected chi connectivity index (χ1v) is 11.3. The number of imidazole rings is 1. The lowest BCUT2D eigenvalue weighted by Gasteiger charge is -2.10. The number of ether oxygens (including phenoxy) is 1. The largest absolute Gasteiger partial charge is 0.484 e. The van der Waals surface area contributed by atoms with Crippen molar-refractivity contribution in [3.63, 3.8) is 0 Å². The van der Waals surface area contributed by atoms with Crippen LogP contribution in [0.15, 0.2) is 66.7 Å². The maximum atomic E-state index is 12.3. The zero-order chi connectivity index (χ0) is 22.9. The molecular weight excluding hydrogens is 443 g/mol. The van der Waals surface area contributed by atoms with Crippen molar-refractivity contribution in [2.45, 2.75) is 6.18 Å². The first-order chi connectivity index (χ1) is 15.1. The zero-order valence-corrected chi connectivity index (χ0v) is 17.6. The van der Waals surface area contributed by atoms with Crippen LogP contribution in [0.25, 0.3) is 33.5 Å². The number of alkyl halides is 3. The minimum atomic E-state index is -4.40. The fraction of sp³-hybridized carbons (Fsp3) is 0.136. The molecule has 0 saturated carbocycles. The molecule has 0 amide bonds. The number of nitrogens with one attached hydrogen (secondary N) is 2. The Bertz CT molecular complexity index is 1360. The molecule has 2 N–H and O–H groups in total. The number of aromatic nitrogens is 2. The number of hydrogen-bond acceptors (Lipinski definition) is 4. The Balaban J connectivity index is 1.62. The van der Waals surface area contributed by atoms with Crippen molar-refractivity contribution in [2.24, 2.45) is 0 Å². The summed E-state index contributed by atoms with van der Waals surface area (Å²) in [5.41, 5.74) is 4.06. The molecule has 32 heavy (non-hydrogen) atoms. The number of fused-ring (bicyclic) bond motifs is 1. The van der Waals surface area contributed by atoms with Gasteiger partial charge in [-0.05, 0) is 48.0 Å². The maximum Gasteiger partial charge on any atom is 0.422 e. The highest BCUT2D eigenvalue weighted by Gasteiger charge is 2.28. The van der Waals surface area contributed by atoms with E-state index in [2.05, 4.69) is 14.7 Å². The molecule has 3 aromatic carbocycles. The van der Waals surface area contributed by atoms with Crippen molar-refractivity contribution in [1.29, 1.82) is 0 Å².